The molecule has 5 heterocycles. The zero-order valence-corrected chi connectivity index (χ0v) is 37.4. The minimum Gasteiger partial charge on any atom is -0.454 e. The number of halogens is 6. The highest BCUT2D eigenvalue weighted by atomic mass is 19.2. The van der Waals surface area contributed by atoms with Crippen LogP contribution in [0.4, 0.5) is 43.4 Å². The molecule has 0 aliphatic rings. The second kappa shape index (κ2) is 24.4. The molecule has 0 radical (unpaired) electrons. The first-order chi connectivity index (χ1) is 35.2. The first-order valence-electron chi connectivity index (χ1n) is 20.9. The molecule has 366 valence electrons. The van der Waals surface area contributed by atoms with Crippen LogP contribution in [0.5, 0.6) is 34.5 Å². The summed E-state index contributed by atoms with van der Waals surface area (Å²) in [5.41, 5.74) is 1.16. The third-order valence-electron chi connectivity index (χ3n) is 9.03. The highest BCUT2D eigenvalue weighted by Crippen LogP contribution is 2.30. The first-order valence-corrected chi connectivity index (χ1v) is 20.9. The van der Waals surface area contributed by atoms with E-state index in [1.807, 2.05) is 13.0 Å². The molecular formula is C50H33F6N11O6. The minimum absolute atomic E-state index is 0.0797. The number of pyridine rings is 2. The molecule has 9 aromatic rings. The van der Waals surface area contributed by atoms with Gasteiger partial charge < -0.3 is 30.2 Å². The molecule has 0 atom stereocenters. The Morgan fingerprint density at radius 1 is 0.452 bits per heavy atom. The molecule has 9 rings (SSSR count). The molecule has 73 heavy (non-hydrogen) atoms. The molecule has 0 aliphatic carbocycles. The van der Waals surface area contributed by atoms with E-state index in [0.29, 0.717) is 22.7 Å². The van der Waals surface area contributed by atoms with Crippen molar-refractivity contribution < 1.29 is 54.9 Å². The number of carbonyl (C=O) groups is 3. The summed E-state index contributed by atoms with van der Waals surface area (Å²) < 4.78 is 97.9. The van der Waals surface area contributed by atoms with Crippen molar-refractivity contribution in [1.29, 1.82) is 0 Å². The Hall–Kier alpha value is -10.2. The average molecular weight is 998 g/mol. The number of hydrogen-bond acceptors (Lipinski definition) is 14. The number of aryl methyl sites for hydroxylation is 1. The van der Waals surface area contributed by atoms with E-state index in [2.05, 4.69) is 55.8 Å². The second-order valence-electron chi connectivity index (χ2n) is 14.6. The van der Waals surface area contributed by atoms with Gasteiger partial charge in [0.05, 0.1) is 37.2 Å². The van der Waals surface area contributed by atoms with E-state index in [4.69, 9.17) is 14.2 Å². The van der Waals surface area contributed by atoms with E-state index >= 15 is 0 Å². The zero-order valence-electron chi connectivity index (χ0n) is 37.4. The van der Waals surface area contributed by atoms with E-state index in [0.717, 1.165) is 54.2 Å². The fourth-order valence-corrected chi connectivity index (χ4v) is 5.97. The Balaban J connectivity index is 0.000000160. The van der Waals surface area contributed by atoms with Crippen LogP contribution in [-0.2, 0) is 0 Å². The van der Waals surface area contributed by atoms with Crippen LogP contribution in [0.25, 0.3) is 0 Å². The molecule has 23 heteroatoms. The summed E-state index contributed by atoms with van der Waals surface area (Å²) in [6.45, 7) is 1.90. The van der Waals surface area contributed by atoms with Gasteiger partial charge in [0.25, 0.3) is 17.7 Å². The van der Waals surface area contributed by atoms with Crippen molar-refractivity contribution in [3.05, 3.63) is 223 Å². The molecule has 0 aliphatic heterocycles. The maximum Gasteiger partial charge on any atom is 0.277 e. The van der Waals surface area contributed by atoms with Crippen molar-refractivity contribution in [2.75, 3.05) is 16.0 Å². The number of nitrogens with one attached hydrogen (secondary N) is 3. The number of rotatable bonds is 12. The number of benzene rings is 4. The number of hydrogen-bond donors (Lipinski definition) is 3. The number of aromatic nitrogens is 8. The molecule has 0 bridgehead atoms. The maximum absolute atomic E-state index is 13.9. The Morgan fingerprint density at radius 3 is 1.53 bits per heavy atom. The van der Waals surface area contributed by atoms with Crippen molar-refractivity contribution in [1.82, 2.24) is 39.9 Å². The molecular weight excluding hydrogens is 965 g/mol. The summed E-state index contributed by atoms with van der Waals surface area (Å²) in [6, 6.07) is 21.0. The molecule has 0 saturated carbocycles. The smallest absolute Gasteiger partial charge is 0.277 e. The Bertz CT molecular complexity index is 3370. The number of carbonyl (C=O) groups excluding carboxylic acids is 3. The van der Waals surface area contributed by atoms with Gasteiger partial charge in [-0.15, -0.1) is 0 Å². The van der Waals surface area contributed by atoms with Gasteiger partial charge in [0.1, 0.15) is 53.6 Å². The van der Waals surface area contributed by atoms with E-state index in [9.17, 15) is 40.7 Å². The van der Waals surface area contributed by atoms with Crippen LogP contribution in [0.2, 0.25) is 0 Å². The summed E-state index contributed by atoms with van der Waals surface area (Å²) in [6.07, 6.45) is 14.6. The Morgan fingerprint density at radius 2 is 0.986 bits per heavy atom. The fraction of sp³-hybridized carbons (Fsp3) is 0.0200. The molecule has 17 nitrogen and oxygen atoms in total. The predicted molar refractivity (Wildman–Crippen MR) is 249 cm³/mol. The van der Waals surface area contributed by atoms with Crippen molar-refractivity contribution >= 4 is 34.8 Å². The summed E-state index contributed by atoms with van der Waals surface area (Å²) in [7, 11) is 0. The van der Waals surface area contributed by atoms with Gasteiger partial charge in [-0.3, -0.25) is 19.4 Å². The van der Waals surface area contributed by atoms with Crippen molar-refractivity contribution in [2.24, 2.45) is 0 Å². The molecule has 0 fully saturated rings. The molecule has 5 aromatic heterocycles. The van der Waals surface area contributed by atoms with Crippen molar-refractivity contribution in [2.45, 2.75) is 6.92 Å². The largest absolute Gasteiger partial charge is 0.454 e. The van der Waals surface area contributed by atoms with E-state index in [-0.39, 0.29) is 45.9 Å². The number of anilines is 3. The summed E-state index contributed by atoms with van der Waals surface area (Å²) >= 11 is 0. The number of amides is 3. The number of ether oxygens (including phenoxy) is 3. The lowest BCUT2D eigenvalue weighted by molar-refractivity contribution is 0.101. The summed E-state index contributed by atoms with van der Waals surface area (Å²) in [5, 5.41) is 7.33. The summed E-state index contributed by atoms with van der Waals surface area (Å²) in [4.78, 5) is 66.2. The van der Waals surface area contributed by atoms with Gasteiger partial charge in [0, 0.05) is 77.5 Å². The topological polar surface area (TPSA) is 218 Å². The molecule has 3 N–H and O–H groups in total. The quantitative estimate of drug-likeness (QED) is 0.0971. The van der Waals surface area contributed by atoms with Crippen LogP contribution in [0.3, 0.4) is 0 Å². The lowest BCUT2D eigenvalue weighted by Crippen LogP contribution is -2.15. The standard InChI is InChI=1S/C18H14FN3O2.C16H9F3N4O2.C16H10F2N4O2/c1-12-3-2-4-13(5-12)18(23)22-15-6-14(19)7-16(8-15)24-17-9-20-11-21-10-17;17-9-1-2-22-13(3-9)16(24)23-10-4-12(18)15(19)14(5-10)25-11-6-20-8-21-7-11;17-10-4-11(22-16(23)15-14(18)2-1-3-21-15)6-12(5-10)24-13-7-19-9-20-8-13/h2-11H,1H3,(H,22,23);1-8H,(H,23,24);1-9H,(H,22,23). The molecule has 4 aromatic carbocycles. The molecule has 0 spiro atoms. The van der Waals surface area contributed by atoms with Crippen LogP contribution >= 0.6 is 0 Å². The van der Waals surface area contributed by atoms with Gasteiger partial charge in [0.15, 0.2) is 40.3 Å². The molecule has 3 amide bonds. The zero-order chi connectivity index (χ0) is 51.7. The first kappa shape index (κ1) is 50.7. The van der Waals surface area contributed by atoms with Crippen LogP contribution < -0.4 is 30.2 Å². The third kappa shape index (κ3) is 15.1. The lowest BCUT2D eigenvalue weighted by atomic mass is 10.1. The van der Waals surface area contributed by atoms with Crippen molar-refractivity contribution in [3.8, 4) is 34.5 Å². The van der Waals surface area contributed by atoms with Crippen LogP contribution in [0, 0.1) is 41.8 Å². The Kier molecular flexibility index (Phi) is 16.9. The van der Waals surface area contributed by atoms with Gasteiger partial charge in [-0.05, 0) is 49.4 Å². The maximum atomic E-state index is 13.9. The van der Waals surface area contributed by atoms with Gasteiger partial charge in [-0.25, -0.2) is 56.8 Å². The molecule has 0 saturated heterocycles. The van der Waals surface area contributed by atoms with Gasteiger partial charge in [-0.2, -0.15) is 4.39 Å². The predicted octanol–water partition coefficient (Wildman–Crippen LogP) is 10.5. The van der Waals surface area contributed by atoms with Gasteiger partial charge in [-0.1, -0.05) is 17.7 Å². The van der Waals surface area contributed by atoms with Gasteiger partial charge in [0.2, 0.25) is 5.82 Å². The normalized spacial score (nSPS) is 10.3. The second-order valence-corrected chi connectivity index (χ2v) is 14.6. The monoisotopic (exact) mass is 997 g/mol. The SMILES string of the molecule is Cc1cccc(C(=O)Nc2cc(F)cc(Oc3cncnc3)c2)c1.O=C(Nc1cc(F)c(F)c(Oc2cncnc2)c1)c1cc(F)ccn1.O=C(Nc1cc(F)cc(Oc2cncnc2)c1)c1ncccc1F. The average Bonchev–Trinajstić information content (AvgIpc) is 3.36. The van der Waals surface area contributed by atoms with Crippen LogP contribution in [0.15, 0.2) is 166 Å². The van der Waals surface area contributed by atoms with E-state index in [1.165, 1.54) is 92.7 Å². The fourth-order valence-electron chi connectivity index (χ4n) is 5.97. The minimum atomic E-state index is -1.24. The van der Waals surface area contributed by atoms with Gasteiger partial charge >= 0.3 is 0 Å². The number of nitrogens with zero attached hydrogens (tertiary/aromatic N) is 8. The lowest BCUT2D eigenvalue weighted by Gasteiger charge is -2.10. The van der Waals surface area contributed by atoms with Crippen molar-refractivity contribution in [3.63, 3.8) is 0 Å². The summed E-state index contributed by atoms with van der Waals surface area (Å²) in [5.74, 6) is -6.34. The Labute approximate surface area is 409 Å². The van der Waals surface area contributed by atoms with Crippen LogP contribution in [-0.4, -0.2) is 57.6 Å². The third-order valence-corrected chi connectivity index (χ3v) is 9.03. The molecule has 0 unspecified atom stereocenters. The van der Waals surface area contributed by atoms with E-state index < -0.39 is 52.5 Å². The highest BCUT2D eigenvalue weighted by Gasteiger charge is 2.18. The van der Waals surface area contributed by atoms with E-state index in [1.54, 1.807) is 18.2 Å². The highest BCUT2D eigenvalue weighted by molar-refractivity contribution is 6.05. The van der Waals surface area contributed by atoms with Crippen LogP contribution in [0.1, 0.15) is 36.9 Å².